The van der Waals surface area contributed by atoms with Crippen LogP contribution in [0.5, 0.6) is 5.88 Å². The van der Waals surface area contributed by atoms with Crippen LogP contribution in [-0.2, 0) is 6.18 Å². The van der Waals surface area contributed by atoms with E-state index in [4.69, 9.17) is 16.3 Å². The Kier molecular flexibility index (Phi) is 7.63. The fourth-order valence-corrected chi connectivity index (χ4v) is 4.25. The number of anilines is 1. The first kappa shape index (κ1) is 25.0. The summed E-state index contributed by atoms with van der Waals surface area (Å²) >= 11 is 5.85. The average molecular weight is 512 g/mol. The lowest BCUT2D eigenvalue weighted by Crippen LogP contribution is -2.49. The fraction of sp³-hybridized carbons (Fsp3) is 0.478. The van der Waals surface area contributed by atoms with Crippen LogP contribution in [0.4, 0.5) is 23.8 Å². The van der Waals surface area contributed by atoms with E-state index in [9.17, 15) is 22.8 Å². The maximum Gasteiger partial charge on any atom is 0.417 e. The first-order valence-electron chi connectivity index (χ1n) is 11.4. The van der Waals surface area contributed by atoms with Crippen LogP contribution in [0.3, 0.4) is 0 Å². The molecule has 0 spiro atoms. The molecule has 1 saturated heterocycles. The minimum atomic E-state index is -4.66. The topological polar surface area (TPSA) is 87.7 Å². The number of nitrogens with one attached hydrogen (secondary N) is 1. The molecule has 188 valence electrons. The maximum atomic E-state index is 13.3. The molecule has 0 unspecified atom stereocenters. The number of benzene rings is 1. The average Bonchev–Trinajstić information content (AvgIpc) is 2.80. The fourth-order valence-electron chi connectivity index (χ4n) is 4.08. The van der Waals surface area contributed by atoms with E-state index < -0.39 is 29.3 Å². The van der Waals surface area contributed by atoms with Crippen LogP contribution < -0.4 is 15.0 Å². The molecule has 1 aliphatic carbocycles. The second-order valence-corrected chi connectivity index (χ2v) is 9.04. The summed E-state index contributed by atoms with van der Waals surface area (Å²) in [5.74, 6) is 0.526. The summed E-state index contributed by atoms with van der Waals surface area (Å²) in [4.78, 5) is 27.9. The summed E-state index contributed by atoms with van der Waals surface area (Å²) in [5.41, 5.74) is -1.48. The van der Waals surface area contributed by atoms with Crippen molar-refractivity contribution in [1.29, 1.82) is 0 Å². The molecular weight excluding hydrogens is 487 g/mol. The van der Waals surface area contributed by atoms with Gasteiger partial charge in [-0.3, -0.25) is 4.79 Å². The lowest BCUT2D eigenvalue weighted by atomic mass is 9.83. The van der Waals surface area contributed by atoms with Gasteiger partial charge in [-0.25, -0.2) is 4.79 Å². The van der Waals surface area contributed by atoms with Gasteiger partial charge in [0.15, 0.2) is 5.82 Å². The van der Waals surface area contributed by atoms with Crippen LogP contribution in [0, 0.1) is 5.92 Å². The molecule has 12 heteroatoms. The molecule has 0 radical (unpaired) electrons. The second-order valence-electron chi connectivity index (χ2n) is 8.60. The number of hydrogen-bond acceptors (Lipinski definition) is 6. The molecule has 1 N–H and O–H groups in total. The number of halogens is 4. The Bertz CT molecular complexity index is 1060. The quantitative estimate of drug-likeness (QED) is 0.619. The molecule has 2 heterocycles. The summed E-state index contributed by atoms with van der Waals surface area (Å²) < 4.78 is 45.2. The molecule has 0 atom stereocenters. The van der Waals surface area contributed by atoms with Gasteiger partial charge in [0.1, 0.15) is 0 Å². The molecule has 2 aliphatic rings. The monoisotopic (exact) mass is 511 g/mol. The molecule has 0 bridgehead atoms. The van der Waals surface area contributed by atoms with Gasteiger partial charge in [0.2, 0.25) is 5.88 Å². The Morgan fingerprint density at radius 1 is 1.09 bits per heavy atom. The Morgan fingerprint density at radius 3 is 2.43 bits per heavy atom. The molecule has 8 nitrogen and oxygen atoms in total. The van der Waals surface area contributed by atoms with Crippen molar-refractivity contribution in [2.75, 3.05) is 37.6 Å². The molecule has 1 saturated carbocycles. The third-order valence-corrected chi connectivity index (χ3v) is 6.51. The van der Waals surface area contributed by atoms with Crippen molar-refractivity contribution in [3.05, 3.63) is 46.5 Å². The molecule has 2 amide bonds. The highest BCUT2D eigenvalue weighted by molar-refractivity contribution is 6.31. The molecular formula is C23H25ClF3N5O3. The van der Waals surface area contributed by atoms with Crippen molar-refractivity contribution < 1.29 is 27.5 Å². The number of aromatic nitrogens is 2. The maximum absolute atomic E-state index is 13.3. The van der Waals surface area contributed by atoms with Crippen LogP contribution >= 0.6 is 11.6 Å². The number of rotatable bonds is 6. The minimum Gasteiger partial charge on any atom is -0.390 e. The van der Waals surface area contributed by atoms with Gasteiger partial charge < -0.3 is 19.9 Å². The molecule has 1 aliphatic heterocycles. The zero-order chi connectivity index (χ0) is 25.0. The summed E-state index contributed by atoms with van der Waals surface area (Å²) in [6.07, 6.45) is -0.642. The van der Waals surface area contributed by atoms with Gasteiger partial charge in [0.05, 0.1) is 11.1 Å². The number of alkyl halides is 3. The third kappa shape index (κ3) is 6.33. The second kappa shape index (κ2) is 10.7. The summed E-state index contributed by atoms with van der Waals surface area (Å²) in [5, 5.41) is 10.8. The highest BCUT2D eigenvalue weighted by Crippen LogP contribution is 2.34. The van der Waals surface area contributed by atoms with E-state index in [2.05, 4.69) is 15.5 Å². The normalized spacial score (nSPS) is 16.6. The van der Waals surface area contributed by atoms with Crippen molar-refractivity contribution in [1.82, 2.24) is 20.4 Å². The van der Waals surface area contributed by atoms with Gasteiger partial charge in [-0.1, -0.05) is 30.9 Å². The SMILES string of the molecule is O=C(NCCC1CCC1)Oc1ccc(N2CCN(C(=O)c3cc(Cl)ccc3C(F)(F)F)CC2)nn1. The van der Waals surface area contributed by atoms with Crippen molar-refractivity contribution in [2.45, 2.75) is 31.9 Å². The Morgan fingerprint density at radius 2 is 1.83 bits per heavy atom. The third-order valence-electron chi connectivity index (χ3n) is 6.28. The number of ether oxygens (including phenoxy) is 1. The Labute approximate surface area is 205 Å². The largest absolute Gasteiger partial charge is 0.417 e. The molecule has 1 aromatic heterocycles. The van der Waals surface area contributed by atoms with Crippen molar-refractivity contribution >= 4 is 29.4 Å². The van der Waals surface area contributed by atoms with E-state index in [-0.39, 0.29) is 24.0 Å². The minimum absolute atomic E-state index is 0.0596. The van der Waals surface area contributed by atoms with Gasteiger partial charge in [0.25, 0.3) is 5.91 Å². The molecule has 2 fully saturated rings. The zero-order valence-corrected chi connectivity index (χ0v) is 19.6. The first-order chi connectivity index (χ1) is 16.7. The summed E-state index contributed by atoms with van der Waals surface area (Å²) in [7, 11) is 0. The van der Waals surface area contributed by atoms with Gasteiger partial charge in [-0.05, 0) is 36.6 Å². The van der Waals surface area contributed by atoms with Gasteiger partial charge in [-0.15, -0.1) is 10.2 Å². The number of carbonyl (C=O) groups excluding carboxylic acids is 2. The number of amides is 2. The predicted octanol–water partition coefficient (Wildman–Crippen LogP) is 4.39. The van der Waals surface area contributed by atoms with E-state index in [1.807, 2.05) is 4.90 Å². The van der Waals surface area contributed by atoms with E-state index in [0.717, 1.165) is 24.6 Å². The highest BCUT2D eigenvalue weighted by atomic mass is 35.5. The van der Waals surface area contributed by atoms with Crippen LogP contribution in [0.15, 0.2) is 30.3 Å². The summed E-state index contributed by atoms with van der Waals surface area (Å²) in [6, 6.07) is 6.14. The number of hydrogen-bond donors (Lipinski definition) is 1. The van der Waals surface area contributed by atoms with E-state index >= 15 is 0 Å². The predicted molar refractivity (Wildman–Crippen MR) is 123 cm³/mol. The lowest BCUT2D eigenvalue weighted by Gasteiger charge is -2.35. The number of piperazine rings is 1. The van der Waals surface area contributed by atoms with E-state index in [1.165, 1.54) is 30.2 Å². The smallest absolute Gasteiger partial charge is 0.390 e. The van der Waals surface area contributed by atoms with Crippen molar-refractivity contribution in [3.8, 4) is 5.88 Å². The van der Waals surface area contributed by atoms with Gasteiger partial charge >= 0.3 is 12.3 Å². The molecule has 2 aromatic rings. The first-order valence-corrected chi connectivity index (χ1v) is 11.8. The standard InChI is InChI=1S/C23H25ClF3N5O3/c24-16-4-5-18(23(25,26)27)17(14-16)21(33)32-12-10-31(11-13-32)19-6-7-20(30-29-19)35-22(34)28-9-8-15-2-1-3-15/h4-7,14-15H,1-3,8-13H2,(H,28,34). The Balaban J connectivity index is 1.29. The summed E-state index contributed by atoms with van der Waals surface area (Å²) in [6.45, 7) is 1.66. The number of nitrogens with zero attached hydrogens (tertiary/aromatic N) is 4. The molecule has 35 heavy (non-hydrogen) atoms. The van der Waals surface area contributed by atoms with Gasteiger partial charge in [-0.2, -0.15) is 13.2 Å². The van der Waals surface area contributed by atoms with E-state index in [0.29, 0.717) is 31.4 Å². The van der Waals surface area contributed by atoms with Crippen LogP contribution in [-0.4, -0.2) is 59.8 Å². The van der Waals surface area contributed by atoms with Crippen LogP contribution in [0.25, 0.3) is 0 Å². The number of carbonyl (C=O) groups is 2. The highest BCUT2D eigenvalue weighted by Gasteiger charge is 2.37. The lowest BCUT2D eigenvalue weighted by molar-refractivity contribution is -0.138. The zero-order valence-electron chi connectivity index (χ0n) is 18.9. The molecule has 1 aromatic carbocycles. The van der Waals surface area contributed by atoms with Gasteiger partial charge in [0, 0.05) is 43.8 Å². The van der Waals surface area contributed by atoms with Crippen LogP contribution in [0.2, 0.25) is 5.02 Å². The van der Waals surface area contributed by atoms with Crippen LogP contribution in [0.1, 0.15) is 41.6 Å². The Hall–Kier alpha value is -3.08. The van der Waals surface area contributed by atoms with Crippen molar-refractivity contribution in [2.24, 2.45) is 5.92 Å². The molecule has 4 rings (SSSR count). The van der Waals surface area contributed by atoms with E-state index in [1.54, 1.807) is 6.07 Å². The van der Waals surface area contributed by atoms with Crippen molar-refractivity contribution in [3.63, 3.8) is 0 Å².